The number of aromatic nitrogens is 1. The molecule has 0 radical (unpaired) electrons. The van der Waals surface area contributed by atoms with Crippen LogP contribution < -0.4 is 5.73 Å². The second-order valence-electron chi connectivity index (χ2n) is 2.46. The van der Waals surface area contributed by atoms with Gasteiger partial charge in [-0.2, -0.15) is 0 Å². The zero-order valence-electron chi connectivity index (χ0n) is 6.40. The highest BCUT2D eigenvalue weighted by molar-refractivity contribution is 7.09. The lowest BCUT2D eigenvalue weighted by molar-refractivity contribution is 1.58. The van der Waals surface area contributed by atoms with Crippen molar-refractivity contribution in [2.75, 3.05) is 5.73 Å². The largest absolute Gasteiger partial charge is 0.398 e. The highest BCUT2D eigenvalue weighted by Gasteiger charge is 2.01. The van der Waals surface area contributed by atoms with Crippen LogP contribution in [0.1, 0.15) is 0 Å². The van der Waals surface area contributed by atoms with E-state index in [2.05, 4.69) is 4.37 Å². The highest BCUT2D eigenvalue weighted by atomic mass is 32.1. The van der Waals surface area contributed by atoms with Crippen molar-refractivity contribution in [1.82, 2.24) is 4.37 Å². The normalized spacial score (nSPS) is 10.0. The van der Waals surface area contributed by atoms with Gasteiger partial charge < -0.3 is 5.73 Å². The molecule has 0 aliphatic heterocycles. The molecule has 0 saturated carbocycles. The molecule has 2 N–H and O–H groups in total. The molecule has 0 aliphatic rings. The van der Waals surface area contributed by atoms with Gasteiger partial charge in [0, 0.05) is 17.4 Å². The fourth-order valence-electron chi connectivity index (χ4n) is 1.08. The molecule has 0 atom stereocenters. The van der Waals surface area contributed by atoms with E-state index in [1.54, 1.807) is 6.20 Å². The molecule has 0 spiro atoms. The number of nitrogen functional groups attached to an aromatic ring is 1. The predicted octanol–water partition coefficient (Wildman–Crippen LogP) is 2.39. The minimum Gasteiger partial charge on any atom is -0.398 e. The molecule has 0 fully saturated rings. The van der Waals surface area contributed by atoms with Gasteiger partial charge in [0.25, 0.3) is 0 Å². The second kappa shape index (κ2) is 2.95. The van der Waals surface area contributed by atoms with Gasteiger partial charge in [0.15, 0.2) is 0 Å². The van der Waals surface area contributed by atoms with Crippen molar-refractivity contribution in [2.45, 2.75) is 0 Å². The number of hydrogen-bond donors (Lipinski definition) is 1. The molecule has 3 heteroatoms. The lowest BCUT2D eigenvalue weighted by Crippen LogP contribution is -1.86. The average Bonchev–Trinajstić information content (AvgIpc) is 2.57. The van der Waals surface area contributed by atoms with Crippen LogP contribution >= 0.6 is 11.5 Å². The lowest BCUT2D eigenvalue weighted by Gasteiger charge is -1.99. The molecule has 0 saturated heterocycles. The number of nitrogens with zero attached hydrogens (tertiary/aromatic N) is 1. The second-order valence-corrected chi connectivity index (χ2v) is 3.30. The summed E-state index contributed by atoms with van der Waals surface area (Å²) in [5.41, 5.74) is 7.67. The molecule has 2 nitrogen and oxygen atoms in total. The van der Waals surface area contributed by atoms with Gasteiger partial charge in [-0.05, 0) is 23.7 Å². The summed E-state index contributed by atoms with van der Waals surface area (Å²) in [6.07, 6.45) is 1.78. The van der Waals surface area contributed by atoms with Crippen LogP contribution in [0.3, 0.4) is 0 Å². The van der Waals surface area contributed by atoms with E-state index < -0.39 is 0 Å². The third-order valence-electron chi connectivity index (χ3n) is 1.66. The molecule has 0 unspecified atom stereocenters. The molecule has 1 heterocycles. The van der Waals surface area contributed by atoms with E-state index in [-0.39, 0.29) is 0 Å². The van der Waals surface area contributed by atoms with Crippen LogP contribution in [-0.2, 0) is 0 Å². The maximum Gasteiger partial charge on any atom is 0.0570 e. The first-order valence-corrected chi connectivity index (χ1v) is 4.41. The van der Waals surface area contributed by atoms with Crippen molar-refractivity contribution in [3.63, 3.8) is 0 Å². The van der Waals surface area contributed by atoms with Crippen LogP contribution in [0.2, 0.25) is 0 Å². The number of hydrogen-bond acceptors (Lipinski definition) is 3. The Hall–Kier alpha value is -1.35. The number of nitrogens with two attached hydrogens (primary N) is 1. The standard InChI is InChI=1S/C9H8N2S/c10-8-4-2-1-3-7(8)9-5-6-11-12-9/h1-6H,10H2. The maximum absolute atomic E-state index is 5.79. The molecule has 12 heavy (non-hydrogen) atoms. The van der Waals surface area contributed by atoms with Crippen molar-refractivity contribution in [2.24, 2.45) is 0 Å². The third-order valence-corrected chi connectivity index (χ3v) is 2.44. The van der Waals surface area contributed by atoms with Gasteiger partial charge in [0.1, 0.15) is 0 Å². The summed E-state index contributed by atoms with van der Waals surface area (Å²) in [5, 5.41) is 0. The topological polar surface area (TPSA) is 38.9 Å². The molecular weight excluding hydrogens is 168 g/mol. The fraction of sp³-hybridized carbons (Fsp3) is 0. The van der Waals surface area contributed by atoms with Crippen LogP contribution in [0.25, 0.3) is 10.4 Å². The first kappa shape index (κ1) is 7.31. The average molecular weight is 176 g/mol. The molecule has 60 valence electrons. The van der Waals surface area contributed by atoms with Crippen molar-refractivity contribution in [1.29, 1.82) is 0 Å². The number of rotatable bonds is 1. The van der Waals surface area contributed by atoms with Gasteiger partial charge in [0.2, 0.25) is 0 Å². The smallest absolute Gasteiger partial charge is 0.0570 e. The van der Waals surface area contributed by atoms with Gasteiger partial charge in [-0.3, -0.25) is 0 Å². The molecule has 0 aliphatic carbocycles. The molecule has 1 aromatic heterocycles. The Bertz CT molecular complexity index is 368. The highest BCUT2D eigenvalue weighted by Crippen LogP contribution is 2.27. The minimum atomic E-state index is 0.807. The first-order chi connectivity index (χ1) is 5.88. The van der Waals surface area contributed by atoms with Gasteiger partial charge in [-0.15, -0.1) is 0 Å². The zero-order chi connectivity index (χ0) is 8.39. The Morgan fingerprint density at radius 1 is 1.17 bits per heavy atom. The molecule has 0 amide bonds. The van der Waals surface area contributed by atoms with E-state index in [4.69, 9.17) is 5.73 Å². The van der Waals surface area contributed by atoms with E-state index >= 15 is 0 Å². The molecular formula is C9H8N2S. The van der Waals surface area contributed by atoms with Crippen LogP contribution in [0.5, 0.6) is 0 Å². The van der Waals surface area contributed by atoms with Crippen LogP contribution in [0.4, 0.5) is 5.69 Å². The zero-order valence-corrected chi connectivity index (χ0v) is 7.21. The third kappa shape index (κ3) is 1.19. The predicted molar refractivity (Wildman–Crippen MR) is 52.0 cm³/mol. The Morgan fingerprint density at radius 2 is 2.00 bits per heavy atom. The van der Waals surface area contributed by atoms with E-state index in [0.717, 1.165) is 16.1 Å². The van der Waals surface area contributed by atoms with Crippen molar-refractivity contribution in [3.8, 4) is 10.4 Å². The summed E-state index contributed by atoms with van der Waals surface area (Å²) in [7, 11) is 0. The first-order valence-electron chi connectivity index (χ1n) is 3.63. The Balaban J connectivity index is 2.55. The van der Waals surface area contributed by atoms with Crippen molar-refractivity contribution in [3.05, 3.63) is 36.5 Å². The van der Waals surface area contributed by atoms with Gasteiger partial charge >= 0.3 is 0 Å². The Morgan fingerprint density at radius 3 is 2.67 bits per heavy atom. The number of anilines is 1. The SMILES string of the molecule is Nc1ccccc1-c1ccns1. The van der Waals surface area contributed by atoms with E-state index in [1.807, 2.05) is 30.3 Å². The fourth-order valence-corrected chi connectivity index (χ4v) is 1.72. The Kier molecular flexibility index (Phi) is 1.80. The Labute approximate surface area is 74.8 Å². The van der Waals surface area contributed by atoms with Crippen LogP contribution in [0.15, 0.2) is 36.5 Å². The van der Waals surface area contributed by atoms with E-state index in [1.165, 1.54) is 11.5 Å². The van der Waals surface area contributed by atoms with Crippen molar-refractivity contribution >= 4 is 17.2 Å². The molecule has 2 rings (SSSR count). The molecule has 0 bridgehead atoms. The van der Waals surface area contributed by atoms with E-state index in [0.29, 0.717) is 0 Å². The van der Waals surface area contributed by atoms with Crippen molar-refractivity contribution < 1.29 is 0 Å². The van der Waals surface area contributed by atoms with Gasteiger partial charge in [-0.1, -0.05) is 18.2 Å². The van der Waals surface area contributed by atoms with Crippen LogP contribution in [-0.4, -0.2) is 4.37 Å². The summed E-state index contributed by atoms with van der Waals surface area (Å²) in [4.78, 5) is 1.12. The number of para-hydroxylation sites is 1. The quantitative estimate of drug-likeness (QED) is 0.677. The summed E-state index contributed by atoms with van der Waals surface area (Å²) in [5.74, 6) is 0. The van der Waals surface area contributed by atoms with E-state index in [9.17, 15) is 0 Å². The van der Waals surface area contributed by atoms with Gasteiger partial charge in [0.05, 0.1) is 4.88 Å². The molecule has 1 aromatic carbocycles. The summed E-state index contributed by atoms with van der Waals surface area (Å²) >= 11 is 1.46. The summed E-state index contributed by atoms with van der Waals surface area (Å²) < 4.78 is 4.03. The lowest BCUT2D eigenvalue weighted by atomic mass is 10.1. The maximum atomic E-state index is 5.79. The molecule has 2 aromatic rings. The monoisotopic (exact) mass is 176 g/mol. The van der Waals surface area contributed by atoms with Crippen LogP contribution in [0, 0.1) is 0 Å². The van der Waals surface area contributed by atoms with Gasteiger partial charge in [-0.25, -0.2) is 4.37 Å². The summed E-state index contributed by atoms with van der Waals surface area (Å²) in [6.45, 7) is 0. The summed E-state index contributed by atoms with van der Waals surface area (Å²) in [6, 6.07) is 9.78. The minimum absolute atomic E-state index is 0.807. The number of benzene rings is 1.